The Hall–Kier alpha value is -0.580. The van der Waals surface area contributed by atoms with E-state index in [-0.39, 0.29) is 0 Å². The van der Waals surface area contributed by atoms with Crippen LogP contribution in [0.2, 0.25) is 5.02 Å². The van der Waals surface area contributed by atoms with Crippen molar-refractivity contribution in [2.75, 3.05) is 26.2 Å². The van der Waals surface area contributed by atoms with E-state index in [0.717, 1.165) is 41.8 Å². The molecule has 1 fully saturated rings. The largest absolute Gasteiger partial charge is 0.311 e. The third kappa shape index (κ3) is 3.50. The molecule has 2 heterocycles. The van der Waals surface area contributed by atoms with Crippen molar-refractivity contribution in [3.8, 4) is 0 Å². The molecule has 0 saturated carbocycles. The Bertz CT molecular complexity index is 416. The molecule has 1 aromatic rings. The third-order valence-corrected chi connectivity index (χ3v) is 4.48. The van der Waals surface area contributed by atoms with Gasteiger partial charge in [-0.1, -0.05) is 25.4 Å². The number of nitrogens with zero attached hydrogens (tertiary/aromatic N) is 3. The van der Waals surface area contributed by atoms with Crippen molar-refractivity contribution in [3.63, 3.8) is 0 Å². The molecule has 1 N–H and O–H groups in total. The number of hydrogen-bond acceptors (Lipinski definition) is 3. The van der Waals surface area contributed by atoms with Gasteiger partial charge in [0.25, 0.3) is 0 Å². The Morgan fingerprint density at radius 3 is 2.79 bits per heavy atom. The number of halogens is 1. The number of nitrogens with one attached hydrogen (secondary N) is 1. The van der Waals surface area contributed by atoms with Gasteiger partial charge in [0, 0.05) is 20.1 Å². The van der Waals surface area contributed by atoms with E-state index < -0.39 is 0 Å². The molecule has 4 nitrogen and oxygen atoms in total. The van der Waals surface area contributed by atoms with E-state index in [1.54, 1.807) is 0 Å². The van der Waals surface area contributed by atoms with Crippen molar-refractivity contribution in [3.05, 3.63) is 16.4 Å². The van der Waals surface area contributed by atoms with Crippen LogP contribution in [0.4, 0.5) is 0 Å². The standard InChI is InChI=1S/C14H25ClN4/c1-4-12-14(15)13(18(3)17-12)9-16-8-11-6-7-19(5-2)10-11/h11,16H,4-10H2,1-3H3. The molecule has 5 heteroatoms. The molecule has 0 aliphatic carbocycles. The topological polar surface area (TPSA) is 33.1 Å². The van der Waals surface area contributed by atoms with Crippen molar-refractivity contribution in [1.82, 2.24) is 20.0 Å². The molecule has 1 unspecified atom stereocenters. The number of aromatic nitrogens is 2. The van der Waals surface area contributed by atoms with Crippen LogP contribution in [-0.2, 0) is 20.0 Å². The highest BCUT2D eigenvalue weighted by atomic mass is 35.5. The van der Waals surface area contributed by atoms with Crippen LogP contribution in [0, 0.1) is 5.92 Å². The highest BCUT2D eigenvalue weighted by Gasteiger charge is 2.21. The molecular weight excluding hydrogens is 260 g/mol. The van der Waals surface area contributed by atoms with Gasteiger partial charge in [-0.25, -0.2) is 0 Å². The fourth-order valence-corrected chi connectivity index (χ4v) is 3.13. The van der Waals surface area contributed by atoms with Gasteiger partial charge in [0.2, 0.25) is 0 Å². The van der Waals surface area contributed by atoms with Gasteiger partial charge in [0.05, 0.1) is 16.4 Å². The third-order valence-electron chi connectivity index (χ3n) is 4.05. The average Bonchev–Trinajstić information content (AvgIpc) is 2.97. The first-order valence-corrected chi connectivity index (χ1v) is 7.66. The normalized spacial score (nSPS) is 20.3. The highest BCUT2D eigenvalue weighted by Crippen LogP contribution is 2.21. The summed E-state index contributed by atoms with van der Waals surface area (Å²) in [6, 6.07) is 0. The van der Waals surface area contributed by atoms with E-state index in [0.29, 0.717) is 0 Å². The highest BCUT2D eigenvalue weighted by molar-refractivity contribution is 6.31. The Morgan fingerprint density at radius 2 is 2.21 bits per heavy atom. The lowest BCUT2D eigenvalue weighted by molar-refractivity contribution is 0.338. The maximum absolute atomic E-state index is 6.34. The summed E-state index contributed by atoms with van der Waals surface area (Å²) in [5, 5.41) is 8.81. The number of likely N-dealkylation sites (tertiary alicyclic amines) is 1. The molecule has 1 saturated heterocycles. The predicted molar refractivity (Wildman–Crippen MR) is 79.5 cm³/mol. The lowest BCUT2D eigenvalue weighted by Crippen LogP contribution is -2.26. The fraction of sp³-hybridized carbons (Fsp3) is 0.786. The first-order valence-electron chi connectivity index (χ1n) is 7.29. The van der Waals surface area contributed by atoms with Gasteiger partial charge in [0.1, 0.15) is 0 Å². The van der Waals surface area contributed by atoms with Crippen LogP contribution in [-0.4, -0.2) is 40.9 Å². The molecule has 1 aliphatic heterocycles. The Kier molecular flexibility index (Phi) is 5.25. The average molecular weight is 285 g/mol. The molecule has 2 rings (SSSR count). The number of hydrogen-bond donors (Lipinski definition) is 1. The van der Waals surface area contributed by atoms with Crippen LogP contribution in [0.25, 0.3) is 0 Å². The Labute approximate surface area is 121 Å². The number of rotatable bonds is 6. The quantitative estimate of drug-likeness (QED) is 0.868. The fourth-order valence-electron chi connectivity index (χ4n) is 2.77. The minimum atomic E-state index is 0.776. The zero-order valence-electron chi connectivity index (χ0n) is 12.2. The van der Waals surface area contributed by atoms with Gasteiger partial charge in [0.15, 0.2) is 0 Å². The second-order valence-corrected chi connectivity index (χ2v) is 5.74. The van der Waals surface area contributed by atoms with E-state index >= 15 is 0 Å². The Balaban J connectivity index is 1.81. The van der Waals surface area contributed by atoms with Crippen molar-refractivity contribution in [2.24, 2.45) is 13.0 Å². The molecular formula is C14H25ClN4. The van der Waals surface area contributed by atoms with Crippen LogP contribution in [0.5, 0.6) is 0 Å². The molecule has 108 valence electrons. The molecule has 0 spiro atoms. The van der Waals surface area contributed by atoms with Crippen LogP contribution >= 0.6 is 11.6 Å². The van der Waals surface area contributed by atoms with Crippen molar-refractivity contribution < 1.29 is 0 Å². The second-order valence-electron chi connectivity index (χ2n) is 5.36. The summed E-state index contributed by atoms with van der Waals surface area (Å²) in [7, 11) is 1.97. The molecule has 1 aliphatic rings. The van der Waals surface area contributed by atoms with Gasteiger partial charge in [-0.05, 0) is 38.4 Å². The smallest absolute Gasteiger partial charge is 0.0863 e. The first-order chi connectivity index (χ1) is 9.15. The summed E-state index contributed by atoms with van der Waals surface area (Å²) in [4.78, 5) is 2.51. The van der Waals surface area contributed by atoms with E-state index in [1.165, 1.54) is 26.1 Å². The van der Waals surface area contributed by atoms with E-state index in [4.69, 9.17) is 11.6 Å². The van der Waals surface area contributed by atoms with E-state index in [9.17, 15) is 0 Å². The zero-order valence-corrected chi connectivity index (χ0v) is 13.0. The maximum Gasteiger partial charge on any atom is 0.0863 e. The van der Waals surface area contributed by atoms with Gasteiger partial charge < -0.3 is 10.2 Å². The summed E-state index contributed by atoms with van der Waals surface area (Å²) in [6.07, 6.45) is 2.20. The van der Waals surface area contributed by atoms with Crippen LogP contribution in [0.3, 0.4) is 0 Å². The SMILES string of the molecule is CCc1nn(C)c(CNCC2CCN(CC)C2)c1Cl. The van der Waals surface area contributed by atoms with Crippen molar-refractivity contribution in [1.29, 1.82) is 0 Å². The van der Waals surface area contributed by atoms with Crippen LogP contribution in [0.15, 0.2) is 0 Å². The molecule has 0 bridgehead atoms. The molecule has 0 radical (unpaired) electrons. The monoisotopic (exact) mass is 284 g/mol. The van der Waals surface area contributed by atoms with Crippen LogP contribution < -0.4 is 5.32 Å². The lowest BCUT2D eigenvalue weighted by atomic mass is 10.1. The molecule has 1 aromatic heterocycles. The summed E-state index contributed by atoms with van der Waals surface area (Å²) >= 11 is 6.34. The van der Waals surface area contributed by atoms with Crippen molar-refractivity contribution in [2.45, 2.75) is 33.2 Å². The number of aryl methyl sites for hydroxylation is 2. The van der Waals surface area contributed by atoms with E-state index in [2.05, 4.69) is 29.2 Å². The molecule has 19 heavy (non-hydrogen) atoms. The van der Waals surface area contributed by atoms with Gasteiger partial charge >= 0.3 is 0 Å². The van der Waals surface area contributed by atoms with Gasteiger partial charge in [-0.2, -0.15) is 5.10 Å². The molecule has 1 atom stereocenters. The minimum Gasteiger partial charge on any atom is -0.311 e. The zero-order chi connectivity index (χ0) is 13.8. The first kappa shape index (κ1) is 14.8. The van der Waals surface area contributed by atoms with Gasteiger partial charge in [-0.15, -0.1) is 0 Å². The molecule has 0 amide bonds. The lowest BCUT2D eigenvalue weighted by Gasteiger charge is -2.13. The van der Waals surface area contributed by atoms with Gasteiger partial charge in [-0.3, -0.25) is 4.68 Å². The predicted octanol–water partition coefficient (Wildman–Crippen LogP) is 2.07. The summed E-state index contributed by atoms with van der Waals surface area (Å²) in [6.45, 7) is 9.84. The summed E-state index contributed by atoms with van der Waals surface area (Å²) in [5.41, 5.74) is 2.10. The minimum absolute atomic E-state index is 0.776. The second kappa shape index (κ2) is 6.73. The van der Waals surface area contributed by atoms with E-state index in [1.807, 2.05) is 11.7 Å². The maximum atomic E-state index is 6.34. The summed E-state index contributed by atoms with van der Waals surface area (Å²) in [5.74, 6) is 0.776. The summed E-state index contributed by atoms with van der Waals surface area (Å²) < 4.78 is 1.90. The van der Waals surface area contributed by atoms with Crippen molar-refractivity contribution >= 4 is 11.6 Å². The van der Waals surface area contributed by atoms with Crippen LogP contribution in [0.1, 0.15) is 31.7 Å². The molecule has 0 aromatic carbocycles. The Morgan fingerprint density at radius 1 is 1.42 bits per heavy atom.